The van der Waals surface area contributed by atoms with Crippen molar-refractivity contribution >= 4 is 17.0 Å². The number of thiazole rings is 1. The van der Waals surface area contributed by atoms with E-state index in [1.807, 2.05) is 11.6 Å². The third-order valence-corrected chi connectivity index (χ3v) is 4.45. The van der Waals surface area contributed by atoms with E-state index in [9.17, 15) is 0 Å². The Morgan fingerprint density at radius 3 is 2.89 bits per heavy atom. The summed E-state index contributed by atoms with van der Waals surface area (Å²) >= 11 is 1.69. The number of nitrogens with zero attached hydrogens (tertiary/aromatic N) is 2. The lowest BCUT2D eigenvalue weighted by Gasteiger charge is -2.30. The minimum absolute atomic E-state index is 0.600. The molecular formula is C15H19N3S. The number of hydrogen-bond acceptors (Lipinski definition) is 4. The molecule has 100 valence electrons. The number of hydrogen-bond donors (Lipinski definition) is 1. The molecule has 1 aromatic heterocycles. The van der Waals surface area contributed by atoms with Crippen LogP contribution < -0.4 is 5.32 Å². The van der Waals surface area contributed by atoms with Crippen LogP contribution in [-0.4, -0.2) is 36.1 Å². The summed E-state index contributed by atoms with van der Waals surface area (Å²) < 4.78 is 0. The average Bonchev–Trinajstić information content (AvgIpc) is 2.96. The Balaban J connectivity index is 1.70. The van der Waals surface area contributed by atoms with Crippen LogP contribution >= 0.6 is 11.3 Å². The molecule has 0 aliphatic carbocycles. The van der Waals surface area contributed by atoms with E-state index < -0.39 is 0 Å². The van der Waals surface area contributed by atoms with E-state index in [0.29, 0.717) is 6.04 Å². The van der Waals surface area contributed by atoms with E-state index in [4.69, 9.17) is 0 Å². The van der Waals surface area contributed by atoms with Gasteiger partial charge in [0.05, 0.1) is 0 Å². The Labute approximate surface area is 118 Å². The van der Waals surface area contributed by atoms with Crippen LogP contribution in [0.2, 0.25) is 0 Å². The Morgan fingerprint density at radius 2 is 2.16 bits per heavy atom. The zero-order chi connectivity index (χ0) is 13.1. The largest absolute Gasteiger partial charge is 0.382 e. The van der Waals surface area contributed by atoms with Gasteiger partial charge in [0.2, 0.25) is 0 Å². The van der Waals surface area contributed by atoms with Crippen LogP contribution in [0.1, 0.15) is 12.8 Å². The number of nitrogens with one attached hydrogen (secondary N) is 1. The monoisotopic (exact) mass is 273 g/mol. The van der Waals surface area contributed by atoms with Crippen LogP contribution in [0.5, 0.6) is 0 Å². The van der Waals surface area contributed by atoms with Gasteiger partial charge in [0.25, 0.3) is 0 Å². The topological polar surface area (TPSA) is 28.2 Å². The van der Waals surface area contributed by atoms with Crippen molar-refractivity contribution in [3.8, 4) is 10.6 Å². The Bertz CT molecular complexity index is 516. The number of benzene rings is 1. The minimum Gasteiger partial charge on any atom is -0.382 e. The molecule has 1 aromatic carbocycles. The Hall–Kier alpha value is -1.39. The maximum absolute atomic E-state index is 4.37. The molecule has 0 radical (unpaired) electrons. The lowest BCUT2D eigenvalue weighted by Crippen LogP contribution is -2.36. The maximum atomic E-state index is 4.37. The fraction of sp³-hybridized carbons (Fsp3) is 0.400. The normalized spacial score (nSPS) is 17.5. The summed E-state index contributed by atoms with van der Waals surface area (Å²) in [5, 5.41) is 6.76. The van der Waals surface area contributed by atoms with E-state index in [-0.39, 0.29) is 0 Å². The molecule has 1 N–H and O–H groups in total. The lowest BCUT2D eigenvalue weighted by molar-refractivity contribution is 0.264. The van der Waals surface area contributed by atoms with Crippen molar-refractivity contribution in [1.29, 1.82) is 0 Å². The summed E-state index contributed by atoms with van der Waals surface area (Å²) in [5.41, 5.74) is 2.41. The summed E-state index contributed by atoms with van der Waals surface area (Å²) in [6, 6.07) is 9.18. The highest BCUT2D eigenvalue weighted by molar-refractivity contribution is 7.13. The van der Waals surface area contributed by atoms with E-state index in [1.165, 1.54) is 37.2 Å². The van der Waals surface area contributed by atoms with Crippen molar-refractivity contribution in [2.45, 2.75) is 18.9 Å². The highest BCUT2D eigenvalue weighted by atomic mass is 32.1. The molecule has 1 saturated heterocycles. The average molecular weight is 273 g/mol. The first kappa shape index (κ1) is 12.6. The van der Waals surface area contributed by atoms with Crippen LogP contribution in [0.25, 0.3) is 10.6 Å². The maximum Gasteiger partial charge on any atom is 0.123 e. The molecule has 0 bridgehead atoms. The first-order valence-electron chi connectivity index (χ1n) is 6.76. The highest BCUT2D eigenvalue weighted by Gasteiger charge is 2.16. The van der Waals surface area contributed by atoms with Gasteiger partial charge in [-0.25, -0.2) is 4.98 Å². The predicted molar refractivity (Wildman–Crippen MR) is 81.7 cm³/mol. The van der Waals surface area contributed by atoms with Crippen LogP contribution in [0.4, 0.5) is 5.69 Å². The van der Waals surface area contributed by atoms with Crippen LogP contribution in [0, 0.1) is 0 Å². The van der Waals surface area contributed by atoms with Gasteiger partial charge in [-0.3, -0.25) is 0 Å². The second-order valence-corrected chi connectivity index (χ2v) is 6.03. The van der Waals surface area contributed by atoms with Gasteiger partial charge in [0, 0.05) is 28.9 Å². The molecule has 0 spiro atoms. The number of aromatic nitrogens is 1. The zero-order valence-electron chi connectivity index (χ0n) is 11.2. The summed E-state index contributed by atoms with van der Waals surface area (Å²) in [6.07, 6.45) is 4.30. The van der Waals surface area contributed by atoms with E-state index in [1.54, 1.807) is 11.3 Å². The third kappa shape index (κ3) is 3.14. The van der Waals surface area contributed by atoms with Gasteiger partial charge in [0.1, 0.15) is 5.01 Å². The summed E-state index contributed by atoms with van der Waals surface area (Å²) in [7, 11) is 2.19. The smallest absolute Gasteiger partial charge is 0.123 e. The molecule has 0 saturated carbocycles. The molecule has 1 aliphatic heterocycles. The molecule has 0 unspecified atom stereocenters. The standard InChI is InChI=1S/C15H19N3S/c1-18-8-5-13(6-9-18)17-14-4-2-3-12(11-14)15-16-7-10-19-15/h2-4,7,10-11,13,17H,5-6,8-9H2,1H3. The minimum atomic E-state index is 0.600. The van der Waals surface area contributed by atoms with Gasteiger partial charge >= 0.3 is 0 Å². The fourth-order valence-electron chi connectivity index (χ4n) is 2.50. The van der Waals surface area contributed by atoms with E-state index >= 15 is 0 Å². The van der Waals surface area contributed by atoms with Crippen molar-refractivity contribution in [3.05, 3.63) is 35.8 Å². The quantitative estimate of drug-likeness (QED) is 0.930. The zero-order valence-corrected chi connectivity index (χ0v) is 12.0. The molecule has 19 heavy (non-hydrogen) atoms. The molecule has 2 aromatic rings. The van der Waals surface area contributed by atoms with Crippen molar-refractivity contribution < 1.29 is 0 Å². The number of likely N-dealkylation sites (tertiary alicyclic amines) is 1. The molecule has 3 nitrogen and oxygen atoms in total. The van der Waals surface area contributed by atoms with Crippen molar-refractivity contribution in [3.63, 3.8) is 0 Å². The molecule has 3 rings (SSSR count). The molecule has 0 amide bonds. The number of rotatable bonds is 3. The molecule has 2 heterocycles. The summed E-state index contributed by atoms with van der Waals surface area (Å²) in [5.74, 6) is 0. The molecular weight excluding hydrogens is 254 g/mol. The van der Waals surface area contributed by atoms with Gasteiger partial charge in [-0.1, -0.05) is 12.1 Å². The number of anilines is 1. The van der Waals surface area contributed by atoms with Crippen LogP contribution in [-0.2, 0) is 0 Å². The van der Waals surface area contributed by atoms with Gasteiger partial charge in [-0.15, -0.1) is 11.3 Å². The van der Waals surface area contributed by atoms with Crippen molar-refractivity contribution in [1.82, 2.24) is 9.88 Å². The molecule has 1 fully saturated rings. The Morgan fingerprint density at radius 1 is 1.32 bits per heavy atom. The van der Waals surface area contributed by atoms with Crippen molar-refractivity contribution in [2.75, 3.05) is 25.5 Å². The third-order valence-electron chi connectivity index (χ3n) is 3.63. The summed E-state index contributed by atoms with van der Waals surface area (Å²) in [6.45, 7) is 2.37. The number of piperidine rings is 1. The Kier molecular flexibility index (Phi) is 3.80. The van der Waals surface area contributed by atoms with Crippen molar-refractivity contribution in [2.24, 2.45) is 0 Å². The molecule has 0 atom stereocenters. The first-order valence-corrected chi connectivity index (χ1v) is 7.64. The highest BCUT2D eigenvalue weighted by Crippen LogP contribution is 2.25. The first-order chi connectivity index (χ1) is 9.31. The SMILES string of the molecule is CN1CCC(Nc2cccc(-c3nccs3)c2)CC1. The second-order valence-electron chi connectivity index (χ2n) is 5.14. The molecule has 4 heteroatoms. The predicted octanol–water partition coefficient (Wildman–Crippen LogP) is 3.32. The van der Waals surface area contributed by atoms with E-state index in [0.717, 1.165) is 5.01 Å². The van der Waals surface area contributed by atoms with Gasteiger partial charge < -0.3 is 10.2 Å². The second kappa shape index (κ2) is 5.72. The van der Waals surface area contributed by atoms with Crippen LogP contribution in [0.3, 0.4) is 0 Å². The summed E-state index contributed by atoms with van der Waals surface area (Å²) in [4.78, 5) is 6.76. The van der Waals surface area contributed by atoms with Gasteiger partial charge in [-0.05, 0) is 45.1 Å². The van der Waals surface area contributed by atoms with Gasteiger partial charge in [0.15, 0.2) is 0 Å². The lowest BCUT2D eigenvalue weighted by atomic mass is 10.0. The van der Waals surface area contributed by atoms with Crippen LogP contribution in [0.15, 0.2) is 35.8 Å². The molecule has 1 aliphatic rings. The fourth-order valence-corrected chi connectivity index (χ4v) is 3.13. The van der Waals surface area contributed by atoms with E-state index in [2.05, 4.69) is 46.5 Å². The van der Waals surface area contributed by atoms with Gasteiger partial charge in [-0.2, -0.15) is 0 Å².